The highest BCUT2D eigenvalue weighted by molar-refractivity contribution is 5.61. The number of rotatable bonds is 6. The fraction of sp³-hybridized carbons (Fsp3) is 0.389. The van der Waals surface area contributed by atoms with Gasteiger partial charge >= 0.3 is 0 Å². The van der Waals surface area contributed by atoms with Crippen molar-refractivity contribution in [3.63, 3.8) is 0 Å². The molecule has 1 saturated heterocycles. The Labute approximate surface area is 146 Å². The Kier molecular flexibility index (Phi) is 5.45. The Balaban J connectivity index is 1.56. The standard InChI is InChI=1S/C18H22N4O3/c1-25-18-12-16(22(23)24)5-6-17(18)20-14-7-10-21(11-8-14)13-15-4-2-3-9-19-15/h2-6,9,12,14,20H,7-8,10-11,13H2,1H3. The minimum atomic E-state index is -0.414. The number of nitro groups is 1. The lowest BCUT2D eigenvalue weighted by molar-refractivity contribution is -0.384. The number of hydrogen-bond donors (Lipinski definition) is 1. The molecular weight excluding hydrogens is 320 g/mol. The van der Waals surface area contributed by atoms with Gasteiger partial charge in [0.25, 0.3) is 5.69 Å². The molecule has 2 heterocycles. The molecule has 1 aromatic heterocycles. The van der Waals surface area contributed by atoms with E-state index < -0.39 is 4.92 Å². The molecule has 0 amide bonds. The molecule has 7 heteroatoms. The van der Waals surface area contributed by atoms with Crippen LogP contribution in [0.25, 0.3) is 0 Å². The second kappa shape index (κ2) is 7.94. The van der Waals surface area contributed by atoms with Gasteiger partial charge in [-0.15, -0.1) is 0 Å². The number of nitro benzene ring substituents is 1. The van der Waals surface area contributed by atoms with Crippen molar-refractivity contribution < 1.29 is 9.66 Å². The Hall–Kier alpha value is -2.67. The van der Waals surface area contributed by atoms with Gasteiger partial charge in [0.1, 0.15) is 5.75 Å². The van der Waals surface area contributed by atoms with Gasteiger partial charge in [0.05, 0.1) is 29.5 Å². The first kappa shape index (κ1) is 17.2. The Morgan fingerprint density at radius 3 is 2.76 bits per heavy atom. The maximum Gasteiger partial charge on any atom is 0.273 e. The summed E-state index contributed by atoms with van der Waals surface area (Å²) in [4.78, 5) is 17.2. The maximum atomic E-state index is 10.9. The maximum absolute atomic E-state index is 10.9. The van der Waals surface area contributed by atoms with Crippen molar-refractivity contribution in [2.24, 2.45) is 0 Å². The second-order valence-electron chi connectivity index (χ2n) is 6.16. The third-order valence-electron chi connectivity index (χ3n) is 4.45. The summed E-state index contributed by atoms with van der Waals surface area (Å²) in [7, 11) is 1.53. The summed E-state index contributed by atoms with van der Waals surface area (Å²) in [5, 5.41) is 14.3. The zero-order chi connectivity index (χ0) is 17.6. The van der Waals surface area contributed by atoms with Crippen LogP contribution in [0.15, 0.2) is 42.6 Å². The molecule has 1 N–H and O–H groups in total. The zero-order valence-corrected chi connectivity index (χ0v) is 14.2. The van der Waals surface area contributed by atoms with Gasteiger partial charge in [-0.2, -0.15) is 0 Å². The number of anilines is 1. The third kappa shape index (κ3) is 4.45. The van der Waals surface area contributed by atoms with Gasteiger partial charge in [-0.05, 0) is 31.0 Å². The quantitative estimate of drug-likeness (QED) is 0.642. The molecular formula is C18H22N4O3. The lowest BCUT2D eigenvalue weighted by atomic mass is 10.0. The van der Waals surface area contributed by atoms with E-state index in [-0.39, 0.29) is 5.69 Å². The number of hydrogen-bond acceptors (Lipinski definition) is 6. The smallest absolute Gasteiger partial charge is 0.273 e. The van der Waals surface area contributed by atoms with Crippen molar-refractivity contribution in [3.8, 4) is 5.75 Å². The molecule has 1 aliphatic rings. The zero-order valence-electron chi connectivity index (χ0n) is 14.2. The van der Waals surface area contributed by atoms with Crippen LogP contribution in [0.1, 0.15) is 18.5 Å². The summed E-state index contributed by atoms with van der Waals surface area (Å²) < 4.78 is 5.29. The van der Waals surface area contributed by atoms with Gasteiger partial charge in [-0.1, -0.05) is 6.07 Å². The highest BCUT2D eigenvalue weighted by atomic mass is 16.6. The molecule has 3 rings (SSSR count). The first-order chi connectivity index (χ1) is 12.2. The molecule has 0 bridgehead atoms. The molecule has 1 aliphatic heterocycles. The SMILES string of the molecule is COc1cc([N+](=O)[O-])ccc1NC1CCN(Cc2ccccn2)CC1. The summed E-state index contributed by atoms with van der Waals surface area (Å²) in [6.07, 6.45) is 3.84. The van der Waals surface area contributed by atoms with E-state index in [2.05, 4.69) is 15.2 Å². The number of nitrogens with one attached hydrogen (secondary N) is 1. The fourth-order valence-electron chi connectivity index (χ4n) is 3.09. The van der Waals surface area contributed by atoms with Crippen LogP contribution in [0, 0.1) is 10.1 Å². The summed E-state index contributed by atoms with van der Waals surface area (Å²) in [5.74, 6) is 0.505. The van der Waals surface area contributed by atoms with E-state index in [0.717, 1.165) is 43.9 Å². The number of ether oxygens (including phenoxy) is 1. The van der Waals surface area contributed by atoms with Crippen LogP contribution in [-0.2, 0) is 6.54 Å². The van der Waals surface area contributed by atoms with E-state index in [0.29, 0.717) is 11.8 Å². The van der Waals surface area contributed by atoms with Gasteiger partial charge in [-0.25, -0.2) is 0 Å². The van der Waals surface area contributed by atoms with E-state index in [1.807, 2.05) is 24.4 Å². The molecule has 1 fully saturated rings. The van der Waals surface area contributed by atoms with E-state index >= 15 is 0 Å². The summed E-state index contributed by atoms with van der Waals surface area (Å²) >= 11 is 0. The molecule has 0 unspecified atom stereocenters. The van der Waals surface area contributed by atoms with Gasteiger partial charge in [0, 0.05) is 37.9 Å². The second-order valence-corrected chi connectivity index (χ2v) is 6.16. The van der Waals surface area contributed by atoms with Gasteiger partial charge < -0.3 is 10.1 Å². The molecule has 1 aromatic carbocycles. The minimum Gasteiger partial charge on any atom is -0.494 e. The molecule has 25 heavy (non-hydrogen) atoms. The van der Waals surface area contributed by atoms with Crippen LogP contribution in [0.4, 0.5) is 11.4 Å². The number of non-ortho nitro benzene ring substituents is 1. The number of benzene rings is 1. The molecule has 0 atom stereocenters. The molecule has 0 radical (unpaired) electrons. The van der Waals surface area contributed by atoms with E-state index in [1.165, 1.54) is 19.2 Å². The highest BCUT2D eigenvalue weighted by Gasteiger charge is 2.21. The van der Waals surface area contributed by atoms with Crippen LogP contribution in [0.3, 0.4) is 0 Å². The van der Waals surface area contributed by atoms with E-state index in [4.69, 9.17) is 4.74 Å². The number of aromatic nitrogens is 1. The normalized spacial score (nSPS) is 15.7. The summed E-state index contributed by atoms with van der Waals surface area (Å²) in [6.45, 7) is 2.85. The van der Waals surface area contributed by atoms with Crippen molar-refractivity contribution in [3.05, 3.63) is 58.4 Å². The molecule has 132 valence electrons. The average Bonchev–Trinajstić information content (AvgIpc) is 2.64. The monoisotopic (exact) mass is 342 g/mol. The third-order valence-corrected chi connectivity index (χ3v) is 4.45. The van der Waals surface area contributed by atoms with Crippen LogP contribution in [-0.4, -0.2) is 41.0 Å². The first-order valence-electron chi connectivity index (χ1n) is 8.37. The van der Waals surface area contributed by atoms with Crippen molar-refractivity contribution in [2.75, 3.05) is 25.5 Å². The van der Waals surface area contributed by atoms with Crippen LogP contribution < -0.4 is 10.1 Å². The van der Waals surface area contributed by atoms with E-state index in [9.17, 15) is 10.1 Å². The predicted octanol–water partition coefficient (Wildman–Crippen LogP) is 3.07. The van der Waals surface area contributed by atoms with Crippen molar-refractivity contribution in [1.29, 1.82) is 0 Å². The molecule has 0 spiro atoms. The van der Waals surface area contributed by atoms with Crippen molar-refractivity contribution in [2.45, 2.75) is 25.4 Å². The molecule has 7 nitrogen and oxygen atoms in total. The topological polar surface area (TPSA) is 80.5 Å². The van der Waals surface area contributed by atoms with Gasteiger partial charge in [-0.3, -0.25) is 20.0 Å². The van der Waals surface area contributed by atoms with Gasteiger partial charge in [0.15, 0.2) is 0 Å². The number of methoxy groups -OCH3 is 1. The first-order valence-corrected chi connectivity index (χ1v) is 8.37. The summed E-state index contributed by atoms with van der Waals surface area (Å²) in [6, 6.07) is 11.0. The lowest BCUT2D eigenvalue weighted by Gasteiger charge is -2.32. The van der Waals surface area contributed by atoms with Crippen LogP contribution in [0.2, 0.25) is 0 Å². The van der Waals surface area contributed by atoms with Crippen molar-refractivity contribution >= 4 is 11.4 Å². The highest BCUT2D eigenvalue weighted by Crippen LogP contribution is 2.30. The average molecular weight is 342 g/mol. The lowest BCUT2D eigenvalue weighted by Crippen LogP contribution is -2.38. The number of likely N-dealkylation sites (tertiary alicyclic amines) is 1. The van der Waals surface area contributed by atoms with Crippen molar-refractivity contribution in [1.82, 2.24) is 9.88 Å². The Morgan fingerprint density at radius 2 is 2.12 bits per heavy atom. The minimum absolute atomic E-state index is 0.0348. The molecule has 0 aliphatic carbocycles. The molecule has 2 aromatic rings. The van der Waals surface area contributed by atoms with Gasteiger partial charge in [0.2, 0.25) is 0 Å². The fourth-order valence-corrected chi connectivity index (χ4v) is 3.09. The van der Waals surface area contributed by atoms with Crippen LogP contribution >= 0.6 is 0 Å². The number of nitrogens with zero attached hydrogens (tertiary/aromatic N) is 3. The number of pyridine rings is 1. The van der Waals surface area contributed by atoms with Crippen LogP contribution in [0.5, 0.6) is 5.75 Å². The predicted molar refractivity (Wildman–Crippen MR) is 95.8 cm³/mol. The Morgan fingerprint density at radius 1 is 1.32 bits per heavy atom. The largest absolute Gasteiger partial charge is 0.494 e. The molecule has 0 saturated carbocycles. The van der Waals surface area contributed by atoms with E-state index in [1.54, 1.807) is 6.07 Å². The number of piperidine rings is 1. The summed E-state index contributed by atoms with van der Waals surface area (Å²) in [5.41, 5.74) is 1.93. The Bertz CT molecular complexity index is 716.